The molecule has 0 bridgehead atoms. The average Bonchev–Trinajstić information content (AvgIpc) is 2.55. The molecule has 1 aliphatic heterocycles. The van der Waals surface area contributed by atoms with Crippen LogP contribution < -0.4 is 15.4 Å². The molecule has 0 saturated carbocycles. The summed E-state index contributed by atoms with van der Waals surface area (Å²) in [6, 6.07) is 6.70. The molecule has 17 heavy (non-hydrogen) atoms. The lowest BCUT2D eigenvalue weighted by molar-refractivity contribution is -0.123. The van der Waals surface area contributed by atoms with Crippen molar-refractivity contribution in [2.24, 2.45) is 0 Å². The second-order valence-electron chi connectivity index (χ2n) is 3.96. The third-order valence-electron chi connectivity index (χ3n) is 2.77. The van der Waals surface area contributed by atoms with Gasteiger partial charge in [0, 0.05) is 5.56 Å². The Bertz CT molecular complexity index is 473. The Morgan fingerprint density at radius 2 is 2.00 bits per heavy atom. The van der Waals surface area contributed by atoms with Gasteiger partial charge in [-0.3, -0.25) is 10.1 Å². The molecule has 0 radical (unpaired) electrons. The van der Waals surface area contributed by atoms with Gasteiger partial charge in [0.2, 0.25) is 0 Å². The first-order valence-corrected chi connectivity index (χ1v) is 5.44. The normalized spacial score (nSPS) is 23.2. The first-order valence-electron chi connectivity index (χ1n) is 5.44. The smallest absolute Gasteiger partial charge is 0.322 e. The van der Waals surface area contributed by atoms with Crippen molar-refractivity contribution in [3.63, 3.8) is 0 Å². The summed E-state index contributed by atoms with van der Waals surface area (Å²) in [7, 11) is 0. The van der Waals surface area contributed by atoms with Crippen molar-refractivity contribution < 1.29 is 14.3 Å². The first kappa shape index (κ1) is 11.4. The zero-order chi connectivity index (χ0) is 12.5. The largest absolute Gasteiger partial charge is 0.493 e. The topological polar surface area (TPSA) is 67.4 Å². The fraction of sp³-hybridized carbons (Fsp3) is 0.333. The van der Waals surface area contributed by atoms with Crippen LogP contribution in [0.15, 0.2) is 24.3 Å². The zero-order valence-corrected chi connectivity index (χ0v) is 9.74. The number of hydrogen-bond acceptors (Lipinski definition) is 3. The van der Waals surface area contributed by atoms with Crippen LogP contribution in [0.25, 0.3) is 0 Å². The van der Waals surface area contributed by atoms with Gasteiger partial charge in [-0.2, -0.15) is 0 Å². The minimum atomic E-state index is -1.07. The van der Waals surface area contributed by atoms with E-state index >= 15 is 0 Å². The molecule has 90 valence electrons. The number of hydrogen-bond donors (Lipinski definition) is 2. The van der Waals surface area contributed by atoms with Gasteiger partial charge in [-0.1, -0.05) is 18.2 Å². The van der Waals surface area contributed by atoms with Gasteiger partial charge in [0.1, 0.15) is 11.3 Å². The molecular weight excluding hydrogens is 220 g/mol. The lowest BCUT2D eigenvalue weighted by atomic mass is 9.91. The highest BCUT2D eigenvalue weighted by molar-refractivity contribution is 6.07. The number of carbonyl (C=O) groups excluding carboxylic acids is 2. The molecule has 1 heterocycles. The fourth-order valence-electron chi connectivity index (χ4n) is 1.89. The molecule has 1 aromatic rings. The molecule has 2 rings (SSSR count). The van der Waals surface area contributed by atoms with Gasteiger partial charge in [0.15, 0.2) is 0 Å². The number of nitrogens with one attached hydrogen (secondary N) is 2. The molecule has 1 aromatic carbocycles. The summed E-state index contributed by atoms with van der Waals surface area (Å²) in [5.41, 5.74) is -0.409. The van der Waals surface area contributed by atoms with E-state index in [1.54, 1.807) is 25.1 Å². The van der Waals surface area contributed by atoms with Crippen LogP contribution in [0.4, 0.5) is 4.79 Å². The number of carbonyl (C=O) groups is 2. The summed E-state index contributed by atoms with van der Waals surface area (Å²) in [6.45, 7) is 4.03. The van der Waals surface area contributed by atoms with Crippen molar-refractivity contribution in [1.29, 1.82) is 0 Å². The second-order valence-corrected chi connectivity index (χ2v) is 3.96. The summed E-state index contributed by atoms with van der Waals surface area (Å²) in [4.78, 5) is 23.0. The third-order valence-corrected chi connectivity index (χ3v) is 2.77. The van der Waals surface area contributed by atoms with E-state index in [0.29, 0.717) is 17.9 Å². The minimum absolute atomic E-state index is 0.366. The van der Waals surface area contributed by atoms with E-state index in [1.807, 2.05) is 13.0 Å². The number of imide groups is 1. The molecule has 1 unspecified atom stereocenters. The molecule has 5 nitrogen and oxygen atoms in total. The lowest BCUT2D eigenvalue weighted by Crippen LogP contribution is -2.40. The quantitative estimate of drug-likeness (QED) is 0.771. The van der Waals surface area contributed by atoms with Crippen LogP contribution in [-0.2, 0) is 10.3 Å². The monoisotopic (exact) mass is 234 g/mol. The van der Waals surface area contributed by atoms with Crippen molar-refractivity contribution in [1.82, 2.24) is 10.6 Å². The molecule has 1 fully saturated rings. The van der Waals surface area contributed by atoms with Gasteiger partial charge in [-0.15, -0.1) is 0 Å². The number of amides is 3. The van der Waals surface area contributed by atoms with Gasteiger partial charge in [0.25, 0.3) is 5.91 Å². The summed E-state index contributed by atoms with van der Waals surface area (Å²) >= 11 is 0. The highest BCUT2D eigenvalue weighted by Crippen LogP contribution is 2.31. The van der Waals surface area contributed by atoms with E-state index in [9.17, 15) is 9.59 Å². The van der Waals surface area contributed by atoms with E-state index in [0.717, 1.165) is 0 Å². The number of para-hydroxylation sites is 1. The highest BCUT2D eigenvalue weighted by Gasteiger charge is 2.45. The Balaban J connectivity index is 2.46. The number of urea groups is 1. The van der Waals surface area contributed by atoms with Crippen LogP contribution in [-0.4, -0.2) is 18.5 Å². The Hall–Kier alpha value is -2.04. The molecular formula is C12H14N2O3. The second kappa shape index (κ2) is 4.08. The van der Waals surface area contributed by atoms with E-state index in [2.05, 4.69) is 10.6 Å². The fourth-order valence-corrected chi connectivity index (χ4v) is 1.89. The summed E-state index contributed by atoms with van der Waals surface area (Å²) in [6.07, 6.45) is 0. The SMILES string of the molecule is CCOc1ccccc1C1(C)NC(=O)NC1=O. The molecule has 0 aromatic heterocycles. The maximum atomic E-state index is 11.8. The predicted octanol–water partition coefficient (Wildman–Crippen LogP) is 1.14. The zero-order valence-electron chi connectivity index (χ0n) is 9.74. The van der Waals surface area contributed by atoms with Crippen LogP contribution in [0, 0.1) is 0 Å². The Kier molecular flexibility index (Phi) is 2.75. The number of rotatable bonds is 3. The third kappa shape index (κ3) is 1.84. The minimum Gasteiger partial charge on any atom is -0.493 e. The van der Waals surface area contributed by atoms with Gasteiger partial charge < -0.3 is 10.1 Å². The molecule has 1 saturated heterocycles. The van der Waals surface area contributed by atoms with Crippen LogP contribution >= 0.6 is 0 Å². The molecule has 0 aliphatic carbocycles. The number of benzene rings is 1. The van der Waals surface area contributed by atoms with Crippen molar-refractivity contribution >= 4 is 11.9 Å². The van der Waals surface area contributed by atoms with Crippen molar-refractivity contribution in [2.45, 2.75) is 19.4 Å². The van der Waals surface area contributed by atoms with Gasteiger partial charge in [-0.25, -0.2) is 4.79 Å². The molecule has 3 amide bonds. The molecule has 5 heteroatoms. The standard InChI is InChI=1S/C12H14N2O3/c1-3-17-9-7-5-4-6-8(9)12(2)10(15)13-11(16)14-12/h4-7H,3H2,1-2H3,(H2,13,14,15,16). The summed E-state index contributed by atoms with van der Waals surface area (Å²) in [5, 5.41) is 4.85. The lowest BCUT2D eigenvalue weighted by Gasteiger charge is -2.23. The van der Waals surface area contributed by atoms with Crippen LogP contribution in [0.3, 0.4) is 0 Å². The van der Waals surface area contributed by atoms with Gasteiger partial charge in [0.05, 0.1) is 6.61 Å². The Labute approximate surface area is 99.2 Å². The molecule has 0 spiro atoms. The predicted molar refractivity (Wildman–Crippen MR) is 61.6 cm³/mol. The van der Waals surface area contributed by atoms with E-state index in [1.165, 1.54) is 0 Å². The van der Waals surface area contributed by atoms with Crippen molar-refractivity contribution in [2.75, 3.05) is 6.61 Å². The average molecular weight is 234 g/mol. The summed E-state index contributed by atoms with van der Waals surface area (Å²) in [5.74, 6) is 0.240. The number of ether oxygens (including phenoxy) is 1. The molecule has 1 atom stereocenters. The van der Waals surface area contributed by atoms with Crippen LogP contribution in [0.1, 0.15) is 19.4 Å². The van der Waals surface area contributed by atoms with Crippen LogP contribution in [0.2, 0.25) is 0 Å². The maximum absolute atomic E-state index is 11.8. The van der Waals surface area contributed by atoms with Gasteiger partial charge >= 0.3 is 6.03 Å². The highest BCUT2D eigenvalue weighted by atomic mass is 16.5. The maximum Gasteiger partial charge on any atom is 0.322 e. The van der Waals surface area contributed by atoms with Crippen molar-refractivity contribution in [3.8, 4) is 5.75 Å². The van der Waals surface area contributed by atoms with E-state index in [-0.39, 0.29) is 5.91 Å². The molecule has 2 N–H and O–H groups in total. The van der Waals surface area contributed by atoms with E-state index in [4.69, 9.17) is 4.74 Å². The Morgan fingerprint density at radius 1 is 1.29 bits per heavy atom. The Morgan fingerprint density at radius 3 is 2.59 bits per heavy atom. The summed E-state index contributed by atoms with van der Waals surface area (Å²) < 4.78 is 5.47. The van der Waals surface area contributed by atoms with Crippen molar-refractivity contribution in [3.05, 3.63) is 29.8 Å². The van der Waals surface area contributed by atoms with Crippen LogP contribution in [0.5, 0.6) is 5.75 Å². The van der Waals surface area contributed by atoms with E-state index < -0.39 is 11.6 Å². The van der Waals surface area contributed by atoms with Gasteiger partial charge in [-0.05, 0) is 19.9 Å². The molecule has 1 aliphatic rings. The first-order chi connectivity index (χ1) is 8.08.